The van der Waals surface area contributed by atoms with Gasteiger partial charge in [0.15, 0.2) is 0 Å². The Labute approximate surface area is 105 Å². The molecule has 0 spiro atoms. The Kier molecular flexibility index (Phi) is 3.93. The van der Waals surface area contributed by atoms with Crippen molar-refractivity contribution in [3.63, 3.8) is 0 Å². The molecular formula is C12H17N3OS. The van der Waals surface area contributed by atoms with Crippen LogP contribution in [0.2, 0.25) is 0 Å². The zero-order valence-electron chi connectivity index (χ0n) is 10.1. The first kappa shape index (κ1) is 12.3. The normalized spacial score (nSPS) is 13.2. The maximum absolute atomic E-state index is 5.79. The molecule has 2 aromatic heterocycles. The van der Waals surface area contributed by atoms with Gasteiger partial charge >= 0.3 is 0 Å². The molecule has 0 aliphatic heterocycles. The van der Waals surface area contributed by atoms with Crippen molar-refractivity contribution < 1.29 is 4.42 Å². The Hall–Kier alpha value is -1.17. The second-order valence-corrected chi connectivity index (χ2v) is 5.11. The lowest BCUT2D eigenvalue weighted by atomic mass is 10.3. The van der Waals surface area contributed by atoms with E-state index < -0.39 is 0 Å². The van der Waals surface area contributed by atoms with Gasteiger partial charge < -0.3 is 10.2 Å². The highest BCUT2D eigenvalue weighted by Gasteiger charge is 2.09. The van der Waals surface area contributed by atoms with E-state index in [-0.39, 0.29) is 6.04 Å². The number of nitrogens with zero attached hydrogens (tertiary/aromatic N) is 2. The molecule has 0 saturated heterocycles. The van der Waals surface area contributed by atoms with Gasteiger partial charge in [0, 0.05) is 11.9 Å². The molecule has 0 aromatic carbocycles. The molecule has 2 rings (SSSR count). The molecule has 2 aromatic rings. The van der Waals surface area contributed by atoms with Gasteiger partial charge in [-0.1, -0.05) is 0 Å². The van der Waals surface area contributed by atoms with Crippen LogP contribution in [0.3, 0.4) is 0 Å². The van der Waals surface area contributed by atoms with E-state index in [4.69, 9.17) is 10.2 Å². The van der Waals surface area contributed by atoms with Crippen LogP contribution >= 0.6 is 11.3 Å². The van der Waals surface area contributed by atoms with Crippen molar-refractivity contribution in [2.45, 2.75) is 26.1 Å². The van der Waals surface area contributed by atoms with Crippen molar-refractivity contribution in [3.8, 4) is 0 Å². The molecule has 4 nitrogen and oxygen atoms in total. The molecule has 0 aliphatic carbocycles. The lowest BCUT2D eigenvalue weighted by Crippen LogP contribution is -2.17. The molecule has 17 heavy (non-hydrogen) atoms. The number of rotatable bonds is 5. The van der Waals surface area contributed by atoms with E-state index in [9.17, 15) is 0 Å². The van der Waals surface area contributed by atoms with Crippen LogP contribution in [0.25, 0.3) is 0 Å². The van der Waals surface area contributed by atoms with E-state index in [1.807, 2.05) is 26.1 Å². The monoisotopic (exact) mass is 251 g/mol. The quantitative estimate of drug-likeness (QED) is 0.886. The summed E-state index contributed by atoms with van der Waals surface area (Å²) in [5.74, 6) is 0.968. The summed E-state index contributed by atoms with van der Waals surface area (Å²) in [5, 5.41) is 3.06. The van der Waals surface area contributed by atoms with Gasteiger partial charge in [-0.3, -0.25) is 4.90 Å². The molecule has 0 aliphatic rings. The lowest BCUT2D eigenvalue weighted by Gasteiger charge is -2.13. The second-order valence-electron chi connectivity index (χ2n) is 4.22. The van der Waals surface area contributed by atoms with Gasteiger partial charge in [0.1, 0.15) is 10.8 Å². The zero-order valence-corrected chi connectivity index (χ0v) is 10.9. The summed E-state index contributed by atoms with van der Waals surface area (Å²) >= 11 is 1.62. The van der Waals surface area contributed by atoms with Crippen LogP contribution in [-0.2, 0) is 13.1 Å². The first-order valence-electron chi connectivity index (χ1n) is 5.56. The molecular weight excluding hydrogens is 234 g/mol. The van der Waals surface area contributed by atoms with Crippen molar-refractivity contribution in [2.75, 3.05) is 7.05 Å². The third kappa shape index (κ3) is 3.39. The second kappa shape index (κ2) is 5.44. The average molecular weight is 251 g/mol. The SMILES string of the molecule is CC(N)c1nc(CN(C)Cc2ccco2)cs1. The van der Waals surface area contributed by atoms with E-state index in [2.05, 4.69) is 15.3 Å². The van der Waals surface area contributed by atoms with Gasteiger partial charge in [-0.05, 0) is 26.1 Å². The van der Waals surface area contributed by atoms with Crippen LogP contribution in [0.4, 0.5) is 0 Å². The average Bonchev–Trinajstić information content (AvgIpc) is 2.88. The van der Waals surface area contributed by atoms with Crippen LogP contribution in [0, 0.1) is 0 Å². The molecule has 1 unspecified atom stereocenters. The third-order valence-electron chi connectivity index (χ3n) is 2.40. The molecule has 0 bridgehead atoms. The summed E-state index contributed by atoms with van der Waals surface area (Å²) in [4.78, 5) is 6.67. The maximum Gasteiger partial charge on any atom is 0.117 e. The number of hydrogen-bond donors (Lipinski definition) is 1. The van der Waals surface area contributed by atoms with Gasteiger partial charge in [-0.25, -0.2) is 4.98 Å². The van der Waals surface area contributed by atoms with Gasteiger partial charge in [-0.2, -0.15) is 0 Å². The van der Waals surface area contributed by atoms with Crippen LogP contribution in [0.15, 0.2) is 28.2 Å². The van der Waals surface area contributed by atoms with Crippen molar-refractivity contribution in [3.05, 3.63) is 40.2 Å². The van der Waals surface area contributed by atoms with E-state index in [1.54, 1.807) is 17.6 Å². The maximum atomic E-state index is 5.79. The summed E-state index contributed by atoms with van der Waals surface area (Å²) in [5.41, 5.74) is 6.85. The highest BCUT2D eigenvalue weighted by molar-refractivity contribution is 7.09. The van der Waals surface area contributed by atoms with Gasteiger partial charge in [0.2, 0.25) is 0 Å². The van der Waals surface area contributed by atoms with Crippen LogP contribution in [0.1, 0.15) is 29.4 Å². The number of hydrogen-bond acceptors (Lipinski definition) is 5. The summed E-state index contributed by atoms with van der Waals surface area (Å²) in [6.07, 6.45) is 1.69. The van der Waals surface area contributed by atoms with E-state index in [0.717, 1.165) is 29.6 Å². The van der Waals surface area contributed by atoms with E-state index in [1.165, 1.54) is 0 Å². The number of furan rings is 1. The zero-order chi connectivity index (χ0) is 12.3. The van der Waals surface area contributed by atoms with Gasteiger partial charge in [0.25, 0.3) is 0 Å². The first-order valence-corrected chi connectivity index (χ1v) is 6.44. The largest absolute Gasteiger partial charge is 0.468 e. The highest BCUT2D eigenvalue weighted by atomic mass is 32.1. The minimum atomic E-state index is 0.0177. The molecule has 0 radical (unpaired) electrons. The fraction of sp³-hybridized carbons (Fsp3) is 0.417. The number of aromatic nitrogens is 1. The lowest BCUT2D eigenvalue weighted by molar-refractivity contribution is 0.285. The molecule has 0 saturated carbocycles. The standard InChI is InChI=1S/C12H17N3OS/c1-9(13)12-14-10(8-17-12)6-15(2)7-11-4-3-5-16-11/h3-5,8-9H,6-7,13H2,1-2H3. The van der Waals surface area contributed by atoms with Crippen LogP contribution in [-0.4, -0.2) is 16.9 Å². The molecule has 0 amide bonds. The van der Waals surface area contributed by atoms with E-state index in [0.29, 0.717) is 0 Å². The topological polar surface area (TPSA) is 55.3 Å². The van der Waals surface area contributed by atoms with Crippen LogP contribution in [0.5, 0.6) is 0 Å². The molecule has 1 atom stereocenters. The smallest absolute Gasteiger partial charge is 0.117 e. The Bertz CT molecular complexity index is 450. The fourth-order valence-electron chi connectivity index (χ4n) is 1.61. The van der Waals surface area contributed by atoms with Gasteiger partial charge in [0.05, 0.1) is 24.5 Å². The molecule has 2 N–H and O–H groups in total. The molecule has 5 heteroatoms. The van der Waals surface area contributed by atoms with E-state index >= 15 is 0 Å². The van der Waals surface area contributed by atoms with Crippen molar-refractivity contribution in [1.82, 2.24) is 9.88 Å². The predicted octanol–water partition coefficient (Wildman–Crippen LogP) is 2.39. The summed E-state index contributed by atoms with van der Waals surface area (Å²) < 4.78 is 5.31. The molecule has 2 heterocycles. The predicted molar refractivity (Wildman–Crippen MR) is 68.6 cm³/mol. The fourth-order valence-corrected chi connectivity index (χ4v) is 2.37. The number of nitrogens with two attached hydrogens (primary N) is 1. The first-order chi connectivity index (χ1) is 8.15. The Morgan fingerprint density at radius 3 is 2.94 bits per heavy atom. The van der Waals surface area contributed by atoms with Crippen molar-refractivity contribution >= 4 is 11.3 Å². The van der Waals surface area contributed by atoms with Crippen molar-refractivity contribution in [1.29, 1.82) is 0 Å². The highest BCUT2D eigenvalue weighted by Crippen LogP contribution is 2.17. The molecule has 92 valence electrons. The minimum Gasteiger partial charge on any atom is -0.468 e. The Morgan fingerprint density at radius 1 is 1.53 bits per heavy atom. The van der Waals surface area contributed by atoms with Crippen molar-refractivity contribution in [2.24, 2.45) is 5.73 Å². The Morgan fingerprint density at radius 2 is 2.35 bits per heavy atom. The number of thiazole rings is 1. The minimum absolute atomic E-state index is 0.0177. The summed E-state index contributed by atoms with van der Waals surface area (Å²) in [6, 6.07) is 3.90. The third-order valence-corrected chi connectivity index (χ3v) is 3.49. The van der Waals surface area contributed by atoms with Crippen LogP contribution < -0.4 is 5.73 Å². The van der Waals surface area contributed by atoms with Gasteiger partial charge in [-0.15, -0.1) is 11.3 Å². The summed E-state index contributed by atoms with van der Waals surface area (Å²) in [6.45, 7) is 3.55. The summed E-state index contributed by atoms with van der Waals surface area (Å²) in [7, 11) is 2.05. The molecule has 0 fully saturated rings. The Balaban J connectivity index is 1.91.